The molecule has 0 amide bonds. The van der Waals surface area contributed by atoms with Gasteiger partial charge in [0.2, 0.25) is 0 Å². The molecular weight excluding hydrogens is 290 g/mol. The Morgan fingerprint density at radius 1 is 1.04 bits per heavy atom. The maximum atomic E-state index is 9.37. The summed E-state index contributed by atoms with van der Waals surface area (Å²) in [5.41, 5.74) is 2.92. The van der Waals surface area contributed by atoms with E-state index < -0.39 is 0 Å². The summed E-state index contributed by atoms with van der Waals surface area (Å²) in [5.74, 6) is 1.44. The van der Waals surface area contributed by atoms with Crippen LogP contribution in [0.5, 0.6) is 11.5 Å². The summed E-state index contributed by atoms with van der Waals surface area (Å²) in [4.78, 5) is 4.32. The minimum absolute atomic E-state index is 0.499. The number of ether oxygens (including phenoxy) is 2. The molecule has 4 rings (SSSR count). The molecule has 5 nitrogen and oxygen atoms in total. The van der Waals surface area contributed by atoms with Crippen LogP contribution in [-0.4, -0.2) is 18.2 Å². The van der Waals surface area contributed by atoms with Crippen molar-refractivity contribution in [3.05, 3.63) is 54.2 Å². The summed E-state index contributed by atoms with van der Waals surface area (Å²) in [5, 5.41) is 13.6. The van der Waals surface area contributed by atoms with Crippen molar-refractivity contribution >= 4 is 22.3 Å². The van der Waals surface area contributed by atoms with Crippen molar-refractivity contribution in [3.63, 3.8) is 0 Å². The molecule has 0 bridgehead atoms. The van der Waals surface area contributed by atoms with E-state index in [9.17, 15) is 5.26 Å². The Hall–Kier alpha value is -3.26. The highest BCUT2D eigenvalue weighted by Gasteiger charge is 2.13. The van der Waals surface area contributed by atoms with Gasteiger partial charge in [0.05, 0.1) is 16.8 Å². The molecule has 112 valence electrons. The van der Waals surface area contributed by atoms with Crippen molar-refractivity contribution in [2.24, 2.45) is 0 Å². The fourth-order valence-corrected chi connectivity index (χ4v) is 2.63. The maximum Gasteiger partial charge on any atom is 0.163 e. The van der Waals surface area contributed by atoms with Crippen LogP contribution >= 0.6 is 0 Å². The monoisotopic (exact) mass is 303 g/mol. The van der Waals surface area contributed by atoms with Crippen molar-refractivity contribution in [2.45, 2.75) is 0 Å². The van der Waals surface area contributed by atoms with Crippen molar-refractivity contribution < 1.29 is 9.47 Å². The van der Waals surface area contributed by atoms with Crippen molar-refractivity contribution in [3.8, 4) is 17.6 Å². The number of aromatic nitrogens is 1. The summed E-state index contributed by atoms with van der Waals surface area (Å²) >= 11 is 0. The maximum absolute atomic E-state index is 9.37. The number of nitrogens with zero attached hydrogens (tertiary/aromatic N) is 2. The zero-order chi connectivity index (χ0) is 15.6. The van der Waals surface area contributed by atoms with E-state index in [1.165, 1.54) is 0 Å². The lowest BCUT2D eigenvalue weighted by atomic mass is 10.1. The molecule has 23 heavy (non-hydrogen) atoms. The van der Waals surface area contributed by atoms with Gasteiger partial charge in [-0.3, -0.25) is 4.98 Å². The summed E-state index contributed by atoms with van der Waals surface area (Å²) in [6.45, 7) is 1.10. The van der Waals surface area contributed by atoms with Gasteiger partial charge in [0.25, 0.3) is 0 Å². The Morgan fingerprint density at radius 2 is 1.87 bits per heavy atom. The molecule has 2 heterocycles. The lowest BCUT2D eigenvalue weighted by Crippen LogP contribution is -2.15. The number of hydrogen-bond acceptors (Lipinski definition) is 5. The van der Waals surface area contributed by atoms with Crippen molar-refractivity contribution in [2.75, 3.05) is 18.5 Å². The van der Waals surface area contributed by atoms with E-state index in [1.807, 2.05) is 42.5 Å². The summed E-state index contributed by atoms with van der Waals surface area (Å²) in [6, 6.07) is 15.6. The van der Waals surface area contributed by atoms with Gasteiger partial charge in [-0.15, -0.1) is 0 Å². The Kier molecular flexibility index (Phi) is 3.21. The highest BCUT2D eigenvalue weighted by atomic mass is 16.6. The molecule has 0 unspecified atom stereocenters. The first-order valence-corrected chi connectivity index (χ1v) is 7.30. The summed E-state index contributed by atoms with van der Waals surface area (Å²) in [6.07, 6.45) is 1.59. The molecule has 1 aliphatic rings. The highest BCUT2D eigenvalue weighted by molar-refractivity contribution is 5.95. The van der Waals surface area contributed by atoms with Gasteiger partial charge < -0.3 is 14.8 Å². The highest BCUT2D eigenvalue weighted by Crippen LogP contribution is 2.35. The molecule has 1 aromatic heterocycles. The predicted octanol–water partition coefficient (Wildman–Crippen LogP) is 3.62. The first kappa shape index (κ1) is 13.4. The zero-order valence-electron chi connectivity index (χ0n) is 12.2. The first-order valence-electron chi connectivity index (χ1n) is 7.30. The average Bonchev–Trinajstić information content (AvgIpc) is 2.62. The third kappa shape index (κ3) is 2.40. The Labute approximate surface area is 133 Å². The smallest absolute Gasteiger partial charge is 0.163 e. The largest absolute Gasteiger partial charge is 0.486 e. The van der Waals surface area contributed by atoms with Crippen LogP contribution < -0.4 is 14.8 Å². The lowest BCUT2D eigenvalue weighted by Gasteiger charge is -2.19. The number of pyridine rings is 1. The number of fused-ring (bicyclic) bond motifs is 2. The SMILES string of the molecule is N#Cc1cnc2ccccc2c1Nc1ccc2c(c1)OCCO2. The van der Waals surface area contributed by atoms with E-state index in [-0.39, 0.29) is 0 Å². The van der Waals surface area contributed by atoms with Crippen molar-refractivity contribution in [1.82, 2.24) is 4.98 Å². The molecule has 0 fully saturated rings. The minimum Gasteiger partial charge on any atom is -0.486 e. The third-order valence-electron chi connectivity index (χ3n) is 3.71. The Bertz CT molecular complexity index is 931. The normalized spacial score (nSPS) is 12.7. The van der Waals surface area contributed by atoms with Crippen LogP contribution in [0.1, 0.15) is 5.56 Å². The van der Waals surface area contributed by atoms with E-state index >= 15 is 0 Å². The minimum atomic E-state index is 0.499. The molecule has 1 aliphatic heterocycles. The van der Waals surface area contributed by atoms with Crippen molar-refractivity contribution in [1.29, 1.82) is 5.26 Å². The molecule has 3 aromatic rings. The van der Waals surface area contributed by atoms with Crippen LogP contribution in [0.25, 0.3) is 10.9 Å². The number of para-hydroxylation sites is 1. The van der Waals surface area contributed by atoms with E-state index in [2.05, 4.69) is 16.4 Å². The lowest BCUT2D eigenvalue weighted by molar-refractivity contribution is 0.171. The number of hydrogen-bond donors (Lipinski definition) is 1. The molecule has 5 heteroatoms. The number of nitrogens with one attached hydrogen (secondary N) is 1. The second-order valence-corrected chi connectivity index (χ2v) is 5.16. The van der Waals surface area contributed by atoms with Crippen LogP contribution in [-0.2, 0) is 0 Å². The van der Waals surface area contributed by atoms with E-state index in [0.29, 0.717) is 24.5 Å². The average molecular weight is 303 g/mol. The fraction of sp³-hybridized carbons (Fsp3) is 0.111. The van der Waals surface area contributed by atoms with E-state index in [4.69, 9.17) is 9.47 Å². The van der Waals surface area contributed by atoms with Gasteiger partial charge in [-0.05, 0) is 18.2 Å². The second kappa shape index (κ2) is 5.50. The van der Waals surface area contributed by atoms with Crippen LogP contribution in [0.4, 0.5) is 11.4 Å². The van der Waals surface area contributed by atoms with Gasteiger partial charge in [-0.25, -0.2) is 0 Å². The van der Waals surface area contributed by atoms with Crippen LogP contribution in [0.15, 0.2) is 48.7 Å². The van der Waals surface area contributed by atoms with Gasteiger partial charge in [0.1, 0.15) is 19.3 Å². The third-order valence-corrected chi connectivity index (χ3v) is 3.71. The standard InChI is InChI=1S/C18H13N3O2/c19-10-12-11-20-15-4-2-1-3-14(15)18(12)21-13-5-6-16-17(9-13)23-8-7-22-16/h1-6,9,11H,7-8H2,(H,20,21). The molecule has 2 aromatic carbocycles. The topological polar surface area (TPSA) is 67.2 Å². The predicted molar refractivity (Wildman–Crippen MR) is 87.2 cm³/mol. The summed E-state index contributed by atoms with van der Waals surface area (Å²) < 4.78 is 11.1. The van der Waals surface area contributed by atoms with Gasteiger partial charge >= 0.3 is 0 Å². The van der Waals surface area contributed by atoms with Gasteiger partial charge in [-0.2, -0.15) is 5.26 Å². The molecule has 0 saturated heterocycles. The number of nitriles is 1. The Morgan fingerprint density at radius 3 is 2.74 bits per heavy atom. The molecule has 0 atom stereocenters. The molecule has 0 aliphatic carbocycles. The second-order valence-electron chi connectivity index (χ2n) is 5.16. The van der Waals surface area contributed by atoms with Gasteiger partial charge in [0, 0.05) is 23.3 Å². The fourth-order valence-electron chi connectivity index (χ4n) is 2.63. The van der Waals surface area contributed by atoms with Crippen LogP contribution in [0.3, 0.4) is 0 Å². The molecular formula is C18H13N3O2. The molecule has 0 spiro atoms. The van der Waals surface area contributed by atoms with Crippen LogP contribution in [0, 0.1) is 11.3 Å². The van der Waals surface area contributed by atoms with Gasteiger partial charge in [-0.1, -0.05) is 18.2 Å². The number of rotatable bonds is 2. The molecule has 0 saturated carbocycles. The first-order chi connectivity index (χ1) is 11.3. The molecule has 1 N–H and O–H groups in total. The zero-order valence-corrected chi connectivity index (χ0v) is 12.2. The summed E-state index contributed by atoms with van der Waals surface area (Å²) in [7, 11) is 0. The van der Waals surface area contributed by atoms with Gasteiger partial charge in [0.15, 0.2) is 11.5 Å². The number of benzene rings is 2. The van der Waals surface area contributed by atoms with E-state index in [0.717, 1.165) is 28.0 Å². The van der Waals surface area contributed by atoms with E-state index in [1.54, 1.807) is 6.20 Å². The number of anilines is 2. The van der Waals surface area contributed by atoms with Crippen LogP contribution in [0.2, 0.25) is 0 Å². The quantitative estimate of drug-likeness (QED) is 0.783. The molecule has 0 radical (unpaired) electrons. The Balaban J connectivity index is 1.79.